The van der Waals surface area contributed by atoms with Crippen LogP contribution in [-0.4, -0.2) is 16.7 Å². The van der Waals surface area contributed by atoms with Crippen molar-refractivity contribution in [3.05, 3.63) is 0 Å². The maximum absolute atomic E-state index is 10.8. The zero-order chi connectivity index (χ0) is 6.85. The molecule has 0 radical (unpaired) electrons. The summed E-state index contributed by atoms with van der Waals surface area (Å²) in [5, 5.41) is 0. The number of nitrogens with two attached hydrogens (primary N) is 1. The van der Waals surface area contributed by atoms with Gasteiger partial charge in [-0.15, -0.1) is 0 Å². The summed E-state index contributed by atoms with van der Waals surface area (Å²) in [5.41, 5.74) is 5.61. The van der Waals surface area contributed by atoms with Crippen LogP contribution in [0.5, 0.6) is 0 Å². The van der Waals surface area contributed by atoms with Gasteiger partial charge >= 0.3 is 0 Å². The Morgan fingerprint density at radius 1 is 1.67 bits per heavy atom. The summed E-state index contributed by atoms with van der Waals surface area (Å²) in [7, 11) is 0. The van der Waals surface area contributed by atoms with E-state index < -0.39 is 0 Å². The summed E-state index contributed by atoms with van der Waals surface area (Å²) >= 11 is 3.26. The molecule has 3 heteroatoms. The monoisotopic (exact) mass is 191 g/mol. The molecule has 2 unspecified atom stereocenters. The Hall–Kier alpha value is 0.110. The molecule has 1 saturated carbocycles. The number of ketones is 1. The lowest BCUT2D eigenvalue weighted by atomic mass is 9.95. The van der Waals surface area contributed by atoms with E-state index in [9.17, 15) is 4.79 Å². The topological polar surface area (TPSA) is 43.1 Å². The fourth-order valence-electron chi connectivity index (χ4n) is 0.999. The number of carbonyl (C=O) groups is 1. The quantitative estimate of drug-likeness (QED) is 0.577. The largest absolute Gasteiger partial charge is 0.328 e. The second kappa shape index (κ2) is 2.80. The molecular formula is C6H10BrNO. The summed E-state index contributed by atoms with van der Waals surface area (Å²) < 4.78 is 0. The minimum absolute atomic E-state index is 0.0289. The molecule has 1 aliphatic rings. The average Bonchev–Trinajstić information content (AvgIpc) is 1.80. The van der Waals surface area contributed by atoms with Gasteiger partial charge in [-0.25, -0.2) is 0 Å². The van der Waals surface area contributed by atoms with Gasteiger partial charge < -0.3 is 5.73 Å². The molecule has 0 aromatic carbocycles. The predicted molar refractivity (Wildman–Crippen MR) is 39.5 cm³/mol. The minimum atomic E-state index is 0.0289. The van der Waals surface area contributed by atoms with Gasteiger partial charge in [-0.1, -0.05) is 15.9 Å². The maximum Gasteiger partial charge on any atom is 0.146 e. The Morgan fingerprint density at radius 2 is 2.33 bits per heavy atom. The second-order valence-corrected chi connectivity index (χ2v) is 3.57. The molecule has 0 bridgehead atoms. The fourth-order valence-corrected chi connectivity index (χ4v) is 1.71. The highest BCUT2D eigenvalue weighted by Crippen LogP contribution is 2.19. The van der Waals surface area contributed by atoms with E-state index in [0.29, 0.717) is 12.2 Å². The molecule has 2 nitrogen and oxygen atoms in total. The Balaban J connectivity index is 2.44. The molecule has 0 aromatic rings. The van der Waals surface area contributed by atoms with Crippen LogP contribution in [0.25, 0.3) is 0 Å². The second-order valence-electron chi connectivity index (χ2n) is 2.47. The van der Waals surface area contributed by atoms with Gasteiger partial charge in [0.25, 0.3) is 0 Å². The minimum Gasteiger partial charge on any atom is -0.328 e. The molecule has 0 heterocycles. The Kier molecular flexibility index (Phi) is 2.24. The van der Waals surface area contributed by atoms with Crippen LogP contribution in [0.1, 0.15) is 19.3 Å². The van der Waals surface area contributed by atoms with Crippen LogP contribution in [0.15, 0.2) is 0 Å². The highest BCUT2D eigenvalue weighted by Gasteiger charge is 2.23. The Labute approximate surface area is 62.9 Å². The van der Waals surface area contributed by atoms with E-state index in [1.54, 1.807) is 0 Å². The van der Waals surface area contributed by atoms with Crippen LogP contribution in [0.3, 0.4) is 0 Å². The standard InChI is InChI=1S/C6H10BrNO/c7-5-3-4(8)1-2-6(5)9/h4-5H,1-3,8H2. The maximum atomic E-state index is 10.8. The van der Waals surface area contributed by atoms with E-state index in [0.717, 1.165) is 12.8 Å². The SMILES string of the molecule is NC1CCC(=O)C(Br)C1. The average molecular weight is 192 g/mol. The van der Waals surface area contributed by atoms with Crippen molar-refractivity contribution in [2.75, 3.05) is 0 Å². The van der Waals surface area contributed by atoms with Crippen molar-refractivity contribution >= 4 is 21.7 Å². The van der Waals surface area contributed by atoms with Crippen LogP contribution in [0.2, 0.25) is 0 Å². The third-order valence-electron chi connectivity index (χ3n) is 1.62. The zero-order valence-electron chi connectivity index (χ0n) is 5.14. The number of Topliss-reactive ketones (excluding diaryl/α,β-unsaturated/α-hetero) is 1. The molecule has 0 aromatic heterocycles. The van der Waals surface area contributed by atoms with E-state index in [1.165, 1.54) is 0 Å². The lowest BCUT2D eigenvalue weighted by Gasteiger charge is -2.20. The molecule has 0 saturated heterocycles. The molecule has 1 aliphatic carbocycles. The number of carbonyl (C=O) groups excluding carboxylic acids is 1. The van der Waals surface area contributed by atoms with Crippen molar-refractivity contribution in [2.45, 2.75) is 30.1 Å². The molecule has 2 N–H and O–H groups in total. The first-order valence-electron chi connectivity index (χ1n) is 3.12. The van der Waals surface area contributed by atoms with Gasteiger partial charge in [0.05, 0.1) is 4.83 Å². The van der Waals surface area contributed by atoms with Crippen LogP contribution < -0.4 is 5.73 Å². The normalized spacial score (nSPS) is 36.9. The lowest BCUT2D eigenvalue weighted by molar-refractivity contribution is -0.119. The van der Waals surface area contributed by atoms with Gasteiger partial charge in [0.1, 0.15) is 5.78 Å². The Morgan fingerprint density at radius 3 is 2.78 bits per heavy atom. The van der Waals surface area contributed by atoms with Gasteiger partial charge in [0.15, 0.2) is 0 Å². The van der Waals surface area contributed by atoms with Crippen LogP contribution in [-0.2, 0) is 4.79 Å². The Bertz CT molecular complexity index is 126. The number of hydrogen-bond donors (Lipinski definition) is 1. The summed E-state index contributed by atoms with van der Waals surface area (Å²) in [6.45, 7) is 0. The molecule has 0 amide bonds. The third kappa shape index (κ3) is 1.76. The first-order valence-corrected chi connectivity index (χ1v) is 4.04. The van der Waals surface area contributed by atoms with Crippen molar-refractivity contribution in [3.8, 4) is 0 Å². The number of alkyl halides is 1. The van der Waals surface area contributed by atoms with Crippen LogP contribution in [0, 0.1) is 0 Å². The van der Waals surface area contributed by atoms with Gasteiger partial charge in [-0.3, -0.25) is 4.79 Å². The fraction of sp³-hybridized carbons (Fsp3) is 0.833. The molecule has 9 heavy (non-hydrogen) atoms. The highest BCUT2D eigenvalue weighted by molar-refractivity contribution is 9.10. The molecular weight excluding hydrogens is 182 g/mol. The zero-order valence-corrected chi connectivity index (χ0v) is 6.73. The molecule has 2 atom stereocenters. The smallest absolute Gasteiger partial charge is 0.146 e. The van der Waals surface area contributed by atoms with E-state index in [4.69, 9.17) is 5.73 Å². The van der Waals surface area contributed by atoms with E-state index in [1.807, 2.05) is 0 Å². The first kappa shape index (κ1) is 7.22. The van der Waals surface area contributed by atoms with Crippen LogP contribution in [0.4, 0.5) is 0 Å². The number of rotatable bonds is 0. The van der Waals surface area contributed by atoms with Gasteiger partial charge in [0.2, 0.25) is 0 Å². The molecule has 0 aliphatic heterocycles. The van der Waals surface area contributed by atoms with Crippen LogP contribution >= 0.6 is 15.9 Å². The van der Waals surface area contributed by atoms with Crippen molar-refractivity contribution in [1.82, 2.24) is 0 Å². The van der Waals surface area contributed by atoms with Crippen molar-refractivity contribution in [2.24, 2.45) is 5.73 Å². The third-order valence-corrected chi connectivity index (χ3v) is 2.51. The summed E-state index contributed by atoms with van der Waals surface area (Å²) in [6.07, 6.45) is 2.32. The lowest BCUT2D eigenvalue weighted by Crippen LogP contribution is -2.33. The molecule has 1 rings (SSSR count). The van der Waals surface area contributed by atoms with Crippen molar-refractivity contribution in [3.63, 3.8) is 0 Å². The van der Waals surface area contributed by atoms with E-state index in [2.05, 4.69) is 15.9 Å². The predicted octanol–water partition coefficient (Wildman–Crippen LogP) is 0.830. The van der Waals surface area contributed by atoms with Gasteiger partial charge in [0, 0.05) is 12.5 Å². The first-order chi connectivity index (χ1) is 4.20. The summed E-state index contributed by atoms with van der Waals surface area (Å²) in [4.78, 5) is 10.9. The summed E-state index contributed by atoms with van der Waals surface area (Å²) in [6, 6.07) is 0.229. The number of hydrogen-bond acceptors (Lipinski definition) is 2. The molecule has 52 valence electrons. The van der Waals surface area contributed by atoms with E-state index >= 15 is 0 Å². The van der Waals surface area contributed by atoms with E-state index in [-0.39, 0.29) is 10.9 Å². The highest BCUT2D eigenvalue weighted by atomic mass is 79.9. The van der Waals surface area contributed by atoms with Crippen molar-refractivity contribution < 1.29 is 4.79 Å². The summed E-state index contributed by atoms with van der Waals surface area (Å²) in [5.74, 6) is 0.303. The molecule has 1 fully saturated rings. The van der Waals surface area contributed by atoms with Crippen molar-refractivity contribution in [1.29, 1.82) is 0 Å². The van der Waals surface area contributed by atoms with Gasteiger partial charge in [-0.2, -0.15) is 0 Å². The van der Waals surface area contributed by atoms with Gasteiger partial charge in [-0.05, 0) is 12.8 Å². The molecule has 0 spiro atoms. The number of halogens is 1.